The third kappa shape index (κ3) is 4.28. The summed E-state index contributed by atoms with van der Waals surface area (Å²) in [5.74, 6) is -0.829. The first kappa shape index (κ1) is 17.4. The van der Waals surface area contributed by atoms with Gasteiger partial charge in [-0.05, 0) is 41.4 Å². The molecule has 2 rings (SSSR count). The van der Waals surface area contributed by atoms with E-state index in [0.29, 0.717) is 12.4 Å². The zero-order valence-corrected chi connectivity index (χ0v) is 14.5. The summed E-state index contributed by atoms with van der Waals surface area (Å²) in [6.07, 6.45) is 1.76. The number of hydrogen-bond donors (Lipinski definition) is 0. The summed E-state index contributed by atoms with van der Waals surface area (Å²) in [7, 11) is 0. The third-order valence-electron chi connectivity index (χ3n) is 3.20. The Morgan fingerprint density at radius 2 is 2.00 bits per heavy atom. The number of esters is 1. The topological polar surface area (TPSA) is 48.4 Å². The van der Waals surface area contributed by atoms with Crippen molar-refractivity contribution in [2.24, 2.45) is 0 Å². The van der Waals surface area contributed by atoms with E-state index in [-0.39, 0.29) is 21.5 Å². The van der Waals surface area contributed by atoms with E-state index in [9.17, 15) is 9.18 Å². The Labute approximate surface area is 142 Å². The molecule has 0 spiro atoms. The maximum atomic E-state index is 13.9. The molecule has 0 amide bonds. The number of rotatable bonds is 6. The number of unbranched alkanes of at least 4 members (excludes halogenated alkanes) is 1. The van der Waals surface area contributed by atoms with Crippen molar-refractivity contribution >= 4 is 21.9 Å². The van der Waals surface area contributed by atoms with Crippen molar-refractivity contribution in [1.29, 1.82) is 0 Å². The molecule has 4 nitrogen and oxygen atoms in total. The molecule has 0 aliphatic heterocycles. The molecule has 0 aliphatic rings. The highest BCUT2D eigenvalue weighted by atomic mass is 79.9. The Balaban J connectivity index is 2.36. The van der Waals surface area contributed by atoms with E-state index in [1.165, 1.54) is 6.92 Å². The van der Waals surface area contributed by atoms with E-state index in [0.717, 1.165) is 12.8 Å². The second-order valence-electron chi connectivity index (χ2n) is 4.93. The molecule has 0 aliphatic carbocycles. The molecule has 0 bridgehead atoms. The fraction of sp³-hybridized carbons (Fsp3) is 0.294. The van der Waals surface area contributed by atoms with Gasteiger partial charge in [0.05, 0.1) is 6.61 Å². The van der Waals surface area contributed by atoms with Crippen molar-refractivity contribution in [3.8, 4) is 11.5 Å². The summed E-state index contributed by atoms with van der Waals surface area (Å²) in [5, 5.41) is 0. The lowest BCUT2D eigenvalue weighted by atomic mass is 10.1. The monoisotopic (exact) mass is 381 g/mol. The number of carbonyl (C=O) groups is 1. The van der Waals surface area contributed by atoms with Gasteiger partial charge in [0, 0.05) is 5.56 Å². The van der Waals surface area contributed by atoms with Crippen LogP contribution in [0.15, 0.2) is 34.9 Å². The number of ether oxygens (including phenoxy) is 2. The Hall–Kier alpha value is -1.95. The molecule has 1 aromatic heterocycles. The second kappa shape index (κ2) is 8.06. The number of pyridine rings is 1. The summed E-state index contributed by atoms with van der Waals surface area (Å²) in [5.41, 5.74) is 0.143. The lowest BCUT2D eigenvalue weighted by molar-refractivity contribution is 0.0728. The Kier molecular flexibility index (Phi) is 6.10. The molecule has 0 unspecified atom stereocenters. The number of hydrogen-bond acceptors (Lipinski definition) is 4. The van der Waals surface area contributed by atoms with E-state index >= 15 is 0 Å². The van der Waals surface area contributed by atoms with Crippen LogP contribution in [0.4, 0.5) is 4.39 Å². The largest absolute Gasteiger partial charge is 0.490 e. The Morgan fingerprint density at radius 1 is 1.30 bits per heavy atom. The van der Waals surface area contributed by atoms with Gasteiger partial charge >= 0.3 is 5.97 Å². The summed E-state index contributed by atoms with van der Waals surface area (Å²) in [6.45, 7) is 3.91. The predicted octanol–water partition coefficient (Wildman–Crippen LogP) is 4.69. The lowest BCUT2D eigenvalue weighted by Crippen LogP contribution is -2.15. The van der Waals surface area contributed by atoms with Crippen molar-refractivity contribution in [3.63, 3.8) is 0 Å². The van der Waals surface area contributed by atoms with Gasteiger partial charge in [-0.25, -0.2) is 9.78 Å². The highest BCUT2D eigenvalue weighted by molar-refractivity contribution is 9.10. The van der Waals surface area contributed by atoms with Crippen LogP contribution in [-0.2, 0) is 0 Å². The molecule has 23 heavy (non-hydrogen) atoms. The molecular formula is C17H17BrFNO3. The van der Waals surface area contributed by atoms with Crippen molar-refractivity contribution < 1.29 is 18.7 Å². The average Bonchev–Trinajstić information content (AvgIpc) is 2.53. The maximum Gasteiger partial charge on any atom is 0.347 e. The van der Waals surface area contributed by atoms with Gasteiger partial charge < -0.3 is 9.47 Å². The zero-order chi connectivity index (χ0) is 16.8. The normalized spacial score (nSPS) is 10.4. The zero-order valence-electron chi connectivity index (χ0n) is 12.9. The van der Waals surface area contributed by atoms with Crippen LogP contribution in [0.5, 0.6) is 11.5 Å². The summed E-state index contributed by atoms with van der Waals surface area (Å²) in [4.78, 5) is 16.2. The average molecular weight is 382 g/mol. The molecule has 0 N–H and O–H groups in total. The van der Waals surface area contributed by atoms with Crippen LogP contribution in [0.25, 0.3) is 0 Å². The van der Waals surface area contributed by atoms with E-state index in [2.05, 4.69) is 20.9 Å². The molecule has 0 atom stereocenters. The van der Waals surface area contributed by atoms with Gasteiger partial charge in [0.15, 0.2) is 10.4 Å². The first-order chi connectivity index (χ1) is 11.0. The number of nitrogens with zero attached hydrogens (tertiary/aromatic N) is 1. The van der Waals surface area contributed by atoms with Crippen LogP contribution in [-0.4, -0.2) is 17.6 Å². The van der Waals surface area contributed by atoms with Crippen molar-refractivity contribution in [2.75, 3.05) is 6.61 Å². The van der Waals surface area contributed by atoms with Gasteiger partial charge in [-0.15, -0.1) is 0 Å². The molecule has 2 aromatic rings. The fourth-order valence-corrected chi connectivity index (χ4v) is 2.41. The smallest absolute Gasteiger partial charge is 0.347 e. The van der Waals surface area contributed by atoms with Crippen molar-refractivity contribution in [1.82, 2.24) is 4.98 Å². The van der Waals surface area contributed by atoms with Crippen LogP contribution in [0.2, 0.25) is 0 Å². The first-order valence-electron chi connectivity index (χ1n) is 7.30. The standard InChI is InChI=1S/C17H17BrFNO3/c1-3-4-10-22-14-13(11(2)16(19)20-15(14)18)17(21)23-12-8-6-5-7-9-12/h5-9H,3-4,10H2,1-2H3. The third-order valence-corrected chi connectivity index (χ3v) is 3.73. The molecule has 0 saturated heterocycles. The number of aromatic nitrogens is 1. The van der Waals surface area contributed by atoms with Crippen LogP contribution >= 0.6 is 15.9 Å². The lowest BCUT2D eigenvalue weighted by Gasteiger charge is -2.14. The first-order valence-corrected chi connectivity index (χ1v) is 8.09. The van der Waals surface area contributed by atoms with E-state index in [1.807, 2.05) is 13.0 Å². The summed E-state index contributed by atoms with van der Waals surface area (Å²) < 4.78 is 25.0. The number of benzene rings is 1. The second-order valence-corrected chi connectivity index (χ2v) is 5.68. The molecular weight excluding hydrogens is 365 g/mol. The van der Waals surface area contributed by atoms with Crippen LogP contribution < -0.4 is 9.47 Å². The summed E-state index contributed by atoms with van der Waals surface area (Å²) >= 11 is 3.15. The van der Waals surface area contributed by atoms with Gasteiger partial charge in [0.2, 0.25) is 5.95 Å². The van der Waals surface area contributed by atoms with Crippen LogP contribution in [0, 0.1) is 12.9 Å². The Bertz CT molecular complexity index is 692. The van der Waals surface area contributed by atoms with E-state index < -0.39 is 11.9 Å². The minimum absolute atomic E-state index is 0.0457. The molecule has 1 aromatic carbocycles. The minimum Gasteiger partial charge on any atom is -0.490 e. The van der Waals surface area contributed by atoms with Gasteiger partial charge in [0.25, 0.3) is 0 Å². The van der Waals surface area contributed by atoms with Gasteiger partial charge in [0.1, 0.15) is 11.3 Å². The molecule has 122 valence electrons. The maximum absolute atomic E-state index is 13.9. The summed E-state index contributed by atoms with van der Waals surface area (Å²) in [6, 6.07) is 8.60. The van der Waals surface area contributed by atoms with E-state index in [4.69, 9.17) is 9.47 Å². The van der Waals surface area contributed by atoms with Gasteiger partial charge in [-0.2, -0.15) is 4.39 Å². The van der Waals surface area contributed by atoms with Gasteiger partial charge in [-0.1, -0.05) is 31.5 Å². The molecule has 0 radical (unpaired) electrons. The van der Waals surface area contributed by atoms with Crippen LogP contribution in [0.3, 0.4) is 0 Å². The highest BCUT2D eigenvalue weighted by Crippen LogP contribution is 2.32. The van der Waals surface area contributed by atoms with Crippen molar-refractivity contribution in [3.05, 3.63) is 52.0 Å². The number of carbonyl (C=O) groups excluding carboxylic acids is 1. The number of halogens is 2. The van der Waals surface area contributed by atoms with Gasteiger partial charge in [-0.3, -0.25) is 0 Å². The Morgan fingerprint density at radius 3 is 2.65 bits per heavy atom. The predicted molar refractivity (Wildman–Crippen MR) is 88.4 cm³/mol. The molecule has 6 heteroatoms. The minimum atomic E-state index is -0.736. The molecule has 0 fully saturated rings. The van der Waals surface area contributed by atoms with Crippen molar-refractivity contribution in [2.45, 2.75) is 26.7 Å². The SMILES string of the molecule is CCCCOc1c(Br)nc(F)c(C)c1C(=O)Oc1ccccc1. The highest BCUT2D eigenvalue weighted by Gasteiger charge is 2.25. The fourth-order valence-electron chi connectivity index (χ4n) is 1.94. The molecule has 1 heterocycles. The van der Waals surface area contributed by atoms with E-state index in [1.54, 1.807) is 24.3 Å². The number of para-hydroxylation sites is 1. The van der Waals surface area contributed by atoms with Crippen LogP contribution in [0.1, 0.15) is 35.7 Å². The quantitative estimate of drug-likeness (QED) is 0.315. The molecule has 0 saturated carbocycles.